The lowest BCUT2D eigenvalue weighted by atomic mass is 10.2. The molecule has 112 valence electrons. The molecule has 1 aromatic carbocycles. The van der Waals surface area contributed by atoms with Crippen molar-refractivity contribution in [3.8, 4) is 6.07 Å². The van der Waals surface area contributed by atoms with Gasteiger partial charge < -0.3 is 10.2 Å². The zero-order chi connectivity index (χ0) is 15.1. The van der Waals surface area contributed by atoms with E-state index >= 15 is 0 Å². The molecule has 0 bridgehead atoms. The van der Waals surface area contributed by atoms with Crippen LogP contribution in [0.25, 0.3) is 0 Å². The maximum Gasteiger partial charge on any atom is 0.222 e. The van der Waals surface area contributed by atoms with Gasteiger partial charge in [-0.15, -0.1) is 0 Å². The molecule has 1 aromatic rings. The van der Waals surface area contributed by atoms with Crippen molar-refractivity contribution in [2.24, 2.45) is 0 Å². The Morgan fingerprint density at radius 3 is 2.95 bits per heavy atom. The molecule has 4 nitrogen and oxygen atoms in total. The number of nitrogens with zero attached hydrogens (tertiary/aromatic N) is 2. The van der Waals surface area contributed by atoms with Gasteiger partial charge in [0.15, 0.2) is 0 Å². The number of amides is 1. The third-order valence-electron chi connectivity index (χ3n) is 3.69. The van der Waals surface area contributed by atoms with Crippen LogP contribution >= 0.6 is 11.6 Å². The molecule has 2 rings (SSSR count). The van der Waals surface area contributed by atoms with Gasteiger partial charge in [0, 0.05) is 31.7 Å². The van der Waals surface area contributed by atoms with E-state index in [4.69, 9.17) is 16.9 Å². The zero-order valence-corrected chi connectivity index (χ0v) is 12.8. The van der Waals surface area contributed by atoms with E-state index in [2.05, 4.69) is 5.32 Å². The first-order valence-electron chi connectivity index (χ1n) is 7.42. The summed E-state index contributed by atoms with van der Waals surface area (Å²) in [6, 6.07) is 7.36. The molecule has 1 saturated heterocycles. The van der Waals surface area contributed by atoms with E-state index in [-0.39, 0.29) is 5.91 Å². The van der Waals surface area contributed by atoms with Gasteiger partial charge in [-0.05, 0) is 37.5 Å². The number of hydrogen-bond donors (Lipinski definition) is 1. The molecule has 0 radical (unpaired) electrons. The van der Waals surface area contributed by atoms with Crippen LogP contribution in [0, 0.1) is 11.3 Å². The average Bonchev–Trinajstić information content (AvgIpc) is 2.68. The summed E-state index contributed by atoms with van der Waals surface area (Å²) >= 11 is 5.99. The highest BCUT2D eigenvalue weighted by atomic mass is 35.5. The van der Waals surface area contributed by atoms with E-state index in [0.717, 1.165) is 51.0 Å². The van der Waals surface area contributed by atoms with E-state index in [0.29, 0.717) is 17.0 Å². The van der Waals surface area contributed by atoms with Crippen molar-refractivity contribution in [2.45, 2.75) is 32.1 Å². The van der Waals surface area contributed by atoms with Crippen LogP contribution in [0.15, 0.2) is 18.2 Å². The molecule has 0 saturated carbocycles. The number of nitriles is 1. The summed E-state index contributed by atoms with van der Waals surface area (Å²) in [5.41, 5.74) is 1.39. The van der Waals surface area contributed by atoms with Crippen LogP contribution in [0.1, 0.15) is 37.7 Å². The lowest BCUT2D eigenvalue weighted by Gasteiger charge is -2.20. The number of anilines is 1. The molecule has 0 aromatic heterocycles. The van der Waals surface area contributed by atoms with Gasteiger partial charge in [0.2, 0.25) is 5.91 Å². The number of halogens is 1. The minimum Gasteiger partial charge on any atom is -0.385 e. The Morgan fingerprint density at radius 2 is 2.19 bits per heavy atom. The Morgan fingerprint density at radius 1 is 1.33 bits per heavy atom. The average molecular weight is 306 g/mol. The Bertz CT molecular complexity index is 539. The molecular formula is C16H20ClN3O. The lowest BCUT2D eigenvalue weighted by molar-refractivity contribution is -0.130. The van der Waals surface area contributed by atoms with Crippen LogP contribution < -0.4 is 5.32 Å². The molecule has 0 atom stereocenters. The standard InChI is InChI=1S/C16H20ClN3O/c17-15-11-14(7-6-13(15)12-18)19-8-4-10-20-9-3-1-2-5-16(20)21/h6-7,11,19H,1-5,8-10H2. The molecule has 1 aliphatic heterocycles. The van der Waals surface area contributed by atoms with Crippen LogP contribution in [0.3, 0.4) is 0 Å². The third kappa shape index (κ3) is 4.64. The topological polar surface area (TPSA) is 56.1 Å². The van der Waals surface area contributed by atoms with Crippen molar-refractivity contribution in [3.63, 3.8) is 0 Å². The molecule has 1 fully saturated rings. The van der Waals surface area contributed by atoms with E-state index < -0.39 is 0 Å². The second kappa shape index (κ2) is 7.90. The minimum atomic E-state index is 0.286. The summed E-state index contributed by atoms with van der Waals surface area (Å²) in [7, 11) is 0. The normalized spacial score (nSPS) is 15.4. The highest BCUT2D eigenvalue weighted by Crippen LogP contribution is 2.20. The molecule has 1 amide bonds. The van der Waals surface area contributed by atoms with Gasteiger partial charge in [-0.1, -0.05) is 18.0 Å². The second-order valence-corrected chi connectivity index (χ2v) is 5.69. The van der Waals surface area contributed by atoms with Crippen LogP contribution in [-0.2, 0) is 4.79 Å². The second-order valence-electron chi connectivity index (χ2n) is 5.28. The summed E-state index contributed by atoms with van der Waals surface area (Å²) in [6.07, 6.45) is 4.90. The molecular weight excluding hydrogens is 286 g/mol. The smallest absolute Gasteiger partial charge is 0.222 e. The summed E-state index contributed by atoms with van der Waals surface area (Å²) in [5.74, 6) is 0.286. The van der Waals surface area contributed by atoms with Gasteiger partial charge in [0.05, 0.1) is 10.6 Å². The van der Waals surface area contributed by atoms with Gasteiger partial charge in [-0.25, -0.2) is 0 Å². The molecule has 1 N–H and O–H groups in total. The first kappa shape index (κ1) is 15.7. The fourth-order valence-corrected chi connectivity index (χ4v) is 2.72. The van der Waals surface area contributed by atoms with E-state index in [1.54, 1.807) is 12.1 Å². The summed E-state index contributed by atoms with van der Waals surface area (Å²) in [6.45, 7) is 2.48. The quantitative estimate of drug-likeness (QED) is 0.848. The number of rotatable bonds is 5. The maximum absolute atomic E-state index is 11.9. The molecule has 0 aliphatic carbocycles. The third-order valence-corrected chi connectivity index (χ3v) is 4.01. The summed E-state index contributed by atoms with van der Waals surface area (Å²) in [4.78, 5) is 13.8. The van der Waals surface area contributed by atoms with Gasteiger partial charge in [0.25, 0.3) is 0 Å². The van der Waals surface area contributed by atoms with Crippen molar-refractivity contribution in [2.75, 3.05) is 25.0 Å². The number of nitrogens with one attached hydrogen (secondary N) is 1. The van der Waals surface area contributed by atoms with Crippen LogP contribution in [0.5, 0.6) is 0 Å². The predicted molar refractivity (Wildman–Crippen MR) is 84.3 cm³/mol. The SMILES string of the molecule is N#Cc1ccc(NCCCN2CCCCCC2=O)cc1Cl. The number of likely N-dealkylation sites (tertiary alicyclic amines) is 1. The monoisotopic (exact) mass is 305 g/mol. The van der Waals surface area contributed by atoms with Crippen molar-refractivity contribution in [1.29, 1.82) is 5.26 Å². The predicted octanol–water partition coefficient (Wildman–Crippen LogP) is 3.42. The largest absolute Gasteiger partial charge is 0.385 e. The Hall–Kier alpha value is -1.73. The van der Waals surface area contributed by atoms with Crippen molar-refractivity contribution < 1.29 is 4.79 Å². The molecule has 21 heavy (non-hydrogen) atoms. The van der Waals surface area contributed by atoms with Gasteiger partial charge >= 0.3 is 0 Å². The summed E-state index contributed by atoms with van der Waals surface area (Å²) < 4.78 is 0. The zero-order valence-electron chi connectivity index (χ0n) is 12.1. The summed E-state index contributed by atoms with van der Waals surface area (Å²) in [5, 5.41) is 12.6. The van der Waals surface area contributed by atoms with Crippen molar-refractivity contribution in [1.82, 2.24) is 4.90 Å². The maximum atomic E-state index is 11.9. The molecule has 0 unspecified atom stereocenters. The minimum absolute atomic E-state index is 0.286. The first-order chi connectivity index (χ1) is 10.2. The highest BCUT2D eigenvalue weighted by Gasteiger charge is 2.15. The Kier molecular flexibility index (Phi) is 5.89. The van der Waals surface area contributed by atoms with Crippen molar-refractivity contribution >= 4 is 23.2 Å². The molecule has 0 spiro atoms. The van der Waals surface area contributed by atoms with E-state index in [1.807, 2.05) is 17.0 Å². The van der Waals surface area contributed by atoms with Crippen molar-refractivity contribution in [3.05, 3.63) is 28.8 Å². The van der Waals surface area contributed by atoms with Gasteiger partial charge in [0.1, 0.15) is 6.07 Å². The lowest BCUT2D eigenvalue weighted by Crippen LogP contribution is -2.32. The fraction of sp³-hybridized carbons (Fsp3) is 0.500. The number of carbonyl (C=O) groups excluding carboxylic acids is 1. The van der Waals surface area contributed by atoms with Gasteiger partial charge in [-0.2, -0.15) is 5.26 Å². The van der Waals surface area contributed by atoms with Crippen LogP contribution in [0.4, 0.5) is 5.69 Å². The number of hydrogen-bond acceptors (Lipinski definition) is 3. The molecule has 1 aliphatic rings. The molecule has 5 heteroatoms. The Balaban J connectivity index is 1.75. The van der Waals surface area contributed by atoms with Crippen LogP contribution in [-0.4, -0.2) is 30.4 Å². The van der Waals surface area contributed by atoms with E-state index in [1.165, 1.54) is 0 Å². The molecule has 1 heterocycles. The number of benzene rings is 1. The Labute approximate surface area is 130 Å². The van der Waals surface area contributed by atoms with Crippen LogP contribution in [0.2, 0.25) is 5.02 Å². The number of carbonyl (C=O) groups is 1. The van der Waals surface area contributed by atoms with Gasteiger partial charge in [-0.3, -0.25) is 4.79 Å². The highest BCUT2D eigenvalue weighted by molar-refractivity contribution is 6.32. The fourth-order valence-electron chi connectivity index (χ4n) is 2.49. The first-order valence-corrected chi connectivity index (χ1v) is 7.80. The van der Waals surface area contributed by atoms with E-state index in [9.17, 15) is 4.79 Å².